The zero-order chi connectivity index (χ0) is 20.6. The van der Waals surface area contributed by atoms with E-state index in [1.807, 2.05) is 19.2 Å². The third kappa shape index (κ3) is 6.99. The average molecular weight is 549 g/mol. The molecule has 0 amide bonds. The summed E-state index contributed by atoms with van der Waals surface area (Å²) in [5, 5.41) is 4.42. The molecule has 3 rings (SSSR count). The van der Waals surface area contributed by atoms with Crippen LogP contribution in [0.4, 0.5) is 0 Å². The average Bonchev–Trinajstić information content (AvgIpc) is 2.76. The van der Waals surface area contributed by atoms with Crippen molar-refractivity contribution in [1.29, 1.82) is 0 Å². The maximum absolute atomic E-state index is 11.7. The van der Waals surface area contributed by atoms with Crippen LogP contribution in [0, 0.1) is 11.8 Å². The fourth-order valence-electron chi connectivity index (χ4n) is 4.28. The van der Waals surface area contributed by atoms with E-state index >= 15 is 0 Å². The highest BCUT2D eigenvalue weighted by atomic mass is 127. The highest BCUT2D eigenvalue weighted by Gasteiger charge is 2.27. The quantitative estimate of drug-likeness (QED) is 0.264. The first-order valence-electron chi connectivity index (χ1n) is 10.6. The van der Waals surface area contributed by atoms with Crippen molar-refractivity contribution in [2.24, 2.45) is 16.8 Å². The van der Waals surface area contributed by atoms with Crippen LogP contribution in [0.1, 0.15) is 31.2 Å². The van der Waals surface area contributed by atoms with Crippen LogP contribution in [0.25, 0.3) is 0 Å². The van der Waals surface area contributed by atoms with Crippen LogP contribution in [0.2, 0.25) is 5.02 Å². The second kappa shape index (κ2) is 12.7. The van der Waals surface area contributed by atoms with E-state index < -0.39 is 0 Å². The molecule has 0 atom stereocenters. The molecule has 2 aliphatic heterocycles. The Labute approximate surface area is 202 Å². The molecule has 30 heavy (non-hydrogen) atoms. The van der Waals surface area contributed by atoms with E-state index in [0.29, 0.717) is 5.92 Å². The number of hydrogen-bond donors (Lipinski definition) is 1. The maximum Gasteiger partial charge on any atom is 0.308 e. The van der Waals surface area contributed by atoms with E-state index in [1.54, 1.807) is 0 Å². The first kappa shape index (κ1) is 25.2. The topological polar surface area (TPSA) is 57.2 Å². The van der Waals surface area contributed by atoms with Gasteiger partial charge in [-0.1, -0.05) is 29.8 Å². The summed E-state index contributed by atoms with van der Waals surface area (Å²) in [5.41, 5.74) is 1.21. The van der Waals surface area contributed by atoms with Gasteiger partial charge in [0.1, 0.15) is 0 Å². The predicted octanol–water partition coefficient (Wildman–Crippen LogP) is 3.63. The number of piperidine rings is 2. The lowest BCUT2D eigenvalue weighted by atomic mass is 9.96. The Kier molecular flexibility index (Phi) is 10.7. The molecule has 0 radical (unpaired) electrons. The molecule has 0 aromatic heterocycles. The number of benzene rings is 1. The van der Waals surface area contributed by atoms with Gasteiger partial charge in [0, 0.05) is 38.2 Å². The molecule has 0 saturated carbocycles. The summed E-state index contributed by atoms with van der Waals surface area (Å²) < 4.78 is 4.88. The highest BCUT2D eigenvalue weighted by Crippen LogP contribution is 2.22. The lowest BCUT2D eigenvalue weighted by Gasteiger charge is -2.35. The Morgan fingerprint density at radius 3 is 2.43 bits per heavy atom. The minimum Gasteiger partial charge on any atom is -0.469 e. The van der Waals surface area contributed by atoms with E-state index in [1.165, 1.54) is 25.5 Å². The number of rotatable bonds is 5. The second-order valence-electron chi connectivity index (χ2n) is 8.02. The van der Waals surface area contributed by atoms with Gasteiger partial charge >= 0.3 is 5.97 Å². The smallest absolute Gasteiger partial charge is 0.308 e. The van der Waals surface area contributed by atoms with Gasteiger partial charge in [-0.15, -0.1) is 24.0 Å². The summed E-state index contributed by atoms with van der Waals surface area (Å²) in [7, 11) is 3.30. The number of nitrogens with zero attached hydrogens (tertiary/aromatic N) is 3. The van der Waals surface area contributed by atoms with Crippen molar-refractivity contribution in [3.05, 3.63) is 34.9 Å². The monoisotopic (exact) mass is 548 g/mol. The van der Waals surface area contributed by atoms with Crippen LogP contribution in [0.15, 0.2) is 29.3 Å². The van der Waals surface area contributed by atoms with Crippen LogP contribution < -0.4 is 5.32 Å². The van der Waals surface area contributed by atoms with Crippen molar-refractivity contribution in [2.45, 2.75) is 32.2 Å². The highest BCUT2D eigenvalue weighted by molar-refractivity contribution is 14.0. The zero-order valence-electron chi connectivity index (χ0n) is 18.0. The van der Waals surface area contributed by atoms with Crippen LogP contribution in [0.5, 0.6) is 0 Å². The minimum atomic E-state index is -0.0869. The summed E-state index contributed by atoms with van der Waals surface area (Å²) in [6.45, 7) is 5.76. The Balaban J connectivity index is 0.00000320. The zero-order valence-corrected chi connectivity index (χ0v) is 21.1. The maximum atomic E-state index is 11.7. The number of halogens is 2. The molecule has 2 fully saturated rings. The molecule has 2 aliphatic rings. The number of aliphatic imine (C=N–C) groups is 1. The lowest BCUT2D eigenvalue weighted by Crippen LogP contribution is -2.48. The van der Waals surface area contributed by atoms with Gasteiger partial charge in [0.25, 0.3) is 0 Å². The Morgan fingerprint density at radius 1 is 1.17 bits per heavy atom. The van der Waals surface area contributed by atoms with Gasteiger partial charge in [-0.25, -0.2) is 0 Å². The second-order valence-corrected chi connectivity index (χ2v) is 8.43. The van der Waals surface area contributed by atoms with Crippen LogP contribution in [-0.4, -0.2) is 68.6 Å². The molecule has 0 spiro atoms. The van der Waals surface area contributed by atoms with Crippen molar-refractivity contribution in [2.75, 3.05) is 46.9 Å². The SMILES string of the molecule is CN=C(NCC1CCN(Cc2ccccc2Cl)CC1)N1CCC(C(=O)OC)CC1.I. The molecule has 1 N–H and O–H groups in total. The summed E-state index contributed by atoms with van der Waals surface area (Å²) >= 11 is 6.30. The van der Waals surface area contributed by atoms with E-state index in [0.717, 1.165) is 63.1 Å². The van der Waals surface area contributed by atoms with E-state index in [2.05, 4.69) is 32.2 Å². The van der Waals surface area contributed by atoms with E-state index in [4.69, 9.17) is 16.3 Å². The third-order valence-corrected chi connectivity index (χ3v) is 6.52. The Bertz CT molecular complexity index is 702. The molecule has 0 bridgehead atoms. The van der Waals surface area contributed by atoms with Crippen molar-refractivity contribution >= 4 is 47.5 Å². The number of ether oxygens (including phenoxy) is 1. The fourth-order valence-corrected chi connectivity index (χ4v) is 4.47. The van der Waals surface area contributed by atoms with Crippen molar-refractivity contribution in [3.63, 3.8) is 0 Å². The van der Waals surface area contributed by atoms with Crippen molar-refractivity contribution < 1.29 is 9.53 Å². The molecule has 2 saturated heterocycles. The molecule has 0 aliphatic carbocycles. The molecule has 1 aromatic carbocycles. The normalized spacial score (nSPS) is 19.3. The number of hydrogen-bond acceptors (Lipinski definition) is 4. The summed E-state index contributed by atoms with van der Waals surface area (Å²) in [5.74, 6) is 1.54. The lowest BCUT2D eigenvalue weighted by molar-refractivity contribution is -0.146. The van der Waals surface area contributed by atoms with E-state index in [9.17, 15) is 4.79 Å². The third-order valence-electron chi connectivity index (χ3n) is 6.15. The van der Waals surface area contributed by atoms with Gasteiger partial charge in [0.05, 0.1) is 13.0 Å². The molecule has 8 heteroatoms. The standard InChI is InChI=1S/C22H33ClN4O2.HI/c1-24-22(27-13-9-18(10-14-27)21(28)29-2)25-15-17-7-11-26(12-8-17)16-19-5-3-4-6-20(19)23;/h3-6,17-18H,7-16H2,1-2H3,(H,24,25);1H. The predicted molar refractivity (Wildman–Crippen MR) is 133 cm³/mol. The molecule has 1 aromatic rings. The number of methoxy groups -OCH3 is 1. The van der Waals surface area contributed by atoms with Gasteiger partial charge in [-0.2, -0.15) is 0 Å². The largest absolute Gasteiger partial charge is 0.469 e. The molecular weight excluding hydrogens is 515 g/mol. The number of esters is 1. The summed E-state index contributed by atoms with van der Waals surface area (Å²) in [6, 6.07) is 8.11. The Morgan fingerprint density at radius 2 is 1.83 bits per heavy atom. The van der Waals surface area contributed by atoms with Gasteiger partial charge in [0.15, 0.2) is 5.96 Å². The minimum absolute atomic E-state index is 0. The van der Waals surface area contributed by atoms with Crippen molar-refractivity contribution in [3.8, 4) is 0 Å². The number of carbonyl (C=O) groups excluding carboxylic acids is 1. The fraction of sp³-hybridized carbons (Fsp3) is 0.636. The van der Waals surface area contributed by atoms with Crippen LogP contribution >= 0.6 is 35.6 Å². The summed E-state index contributed by atoms with van der Waals surface area (Å²) in [4.78, 5) is 20.9. The van der Waals surface area contributed by atoms with Crippen LogP contribution in [-0.2, 0) is 16.1 Å². The number of guanidine groups is 1. The Hall–Kier alpha value is -1.06. The van der Waals surface area contributed by atoms with Gasteiger partial charge in [0.2, 0.25) is 0 Å². The molecule has 168 valence electrons. The van der Waals surface area contributed by atoms with E-state index in [-0.39, 0.29) is 35.9 Å². The van der Waals surface area contributed by atoms with Gasteiger partial charge in [-0.3, -0.25) is 14.7 Å². The van der Waals surface area contributed by atoms with Crippen LogP contribution in [0.3, 0.4) is 0 Å². The van der Waals surface area contributed by atoms with Gasteiger partial charge < -0.3 is 15.0 Å². The molecule has 6 nitrogen and oxygen atoms in total. The summed E-state index contributed by atoms with van der Waals surface area (Å²) in [6.07, 6.45) is 4.01. The number of likely N-dealkylation sites (tertiary alicyclic amines) is 2. The molecule has 2 heterocycles. The first-order valence-corrected chi connectivity index (χ1v) is 11.0. The molecular formula is C22H34ClIN4O2. The van der Waals surface area contributed by atoms with Gasteiger partial charge in [-0.05, 0) is 56.3 Å². The first-order chi connectivity index (χ1) is 14.1. The molecule has 0 unspecified atom stereocenters. The number of nitrogens with one attached hydrogen (secondary N) is 1. The van der Waals surface area contributed by atoms with Crippen molar-refractivity contribution in [1.82, 2.24) is 15.1 Å². The number of carbonyl (C=O) groups is 1.